The summed E-state index contributed by atoms with van der Waals surface area (Å²) < 4.78 is 36.8. The lowest BCUT2D eigenvalue weighted by Crippen LogP contribution is -2.41. The summed E-state index contributed by atoms with van der Waals surface area (Å²) >= 11 is 1.44. The zero-order chi connectivity index (χ0) is 26.2. The van der Waals surface area contributed by atoms with Gasteiger partial charge in [0.2, 0.25) is 5.91 Å². The molecule has 2 aromatic carbocycles. The van der Waals surface area contributed by atoms with Crippen molar-refractivity contribution in [1.29, 1.82) is 0 Å². The first-order valence-corrected chi connectivity index (χ1v) is 13.8. The molecule has 198 valence electrons. The maximum atomic E-state index is 15.0. The summed E-state index contributed by atoms with van der Waals surface area (Å²) in [4.78, 5) is 31.6. The third-order valence-corrected chi connectivity index (χ3v) is 8.30. The van der Waals surface area contributed by atoms with Crippen molar-refractivity contribution < 1.29 is 23.1 Å². The SMILES string of the molecule is O=C(NCCCN1CCC(F)CC1=O)c1ccc2c(c1)sc1nc(-c3ccc([C@@H]4CCCO4)cc3F)cn12. The Kier molecular flexibility index (Phi) is 6.84. The van der Waals surface area contributed by atoms with Crippen LogP contribution in [0.25, 0.3) is 26.4 Å². The molecule has 2 saturated heterocycles. The Morgan fingerprint density at radius 2 is 2.11 bits per heavy atom. The van der Waals surface area contributed by atoms with Gasteiger partial charge in [0.15, 0.2) is 4.96 Å². The zero-order valence-electron chi connectivity index (χ0n) is 20.8. The van der Waals surface area contributed by atoms with Gasteiger partial charge in [0.1, 0.15) is 12.0 Å². The van der Waals surface area contributed by atoms with E-state index in [1.807, 2.05) is 28.8 Å². The number of fused-ring (bicyclic) bond motifs is 3. The van der Waals surface area contributed by atoms with Crippen LogP contribution in [0.15, 0.2) is 42.6 Å². The van der Waals surface area contributed by atoms with Crippen LogP contribution in [0.5, 0.6) is 0 Å². The normalized spacial score (nSPS) is 20.1. The number of carbonyl (C=O) groups is 2. The van der Waals surface area contributed by atoms with Gasteiger partial charge in [-0.3, -0.25) is 14.0 Å². The van der Waals surface area contributed by atoms with Crippen LogP contribution in [-0.4, -0.2) is 58.5 Å². The van der Waals surface area contributed by atoms with Gasteiger partial charge in [-0.1, -0.05) is 17.4 Å². The minimum absolute atomic E-state index is 0.0382. The fraction of sp³-hybridized carbons (Fsp3) is 0.393. The van der Waals surface area contributed by atoms with E-state index in [-0.39, 0.29) is 30.2 Å². The summed E-state index contributed by atoms with van der Waals surface area (Å²) in [7, 11) is 0. The van der Waals surface area contributed by atoms with E-state index < -0.39 is 6.17 Å². The van der Waals surface area contributed by atoms with Crippen LogP contribution in [0.2, 0.25) is 0 Å². The van der Waals surface area contributed by atoms with Gasteiger partial charge < -0.3 is 15.0 Å². The summed E-state index contributed by atoms with van der Waals surface area (Å²) in [6, 6.07) is 10.7. The Labute approximate surface area is 222 Å². The molecule has 7 nitrogen and oxygen atoms in total. The number of benzene rings is 2. The first kappa shape index (κ1) is 24.9. The molecule has 4 aromatic rings. The van der Waals surface area contributed by atoms with Gasteiger partial charge in [0, 0.05) is 43.6 Å². The van der Waals surface area contributed by atoms with Crippen LogP contribution >= 0.6 is 11.3 Å². The van der Waals surface area contributed by atoms with Gasteiger partial charge in [0.25, 0.3) is 5.91 Å². The van der Waals surface area contributed by atoms with Gasteiger partial charge in [-0.25, -0.2) is 13.8 Å². The van der Waals surface area contributed by atoms with Crippen molar-refractivity contribution in [1.82, 2.24) is 19.6 Å². The highest BCUT2D eigenvalue weighted by Crippen LogP contribution is 2.34. The number of thiazole rings is 1. The highest BCUT2D eigenvalue weighted by atomic mass is 32.1. The highest BCUT2D eigenvalue weighted by molar-refractivity contribution is 7.23. The number of piperidine rings is 1. The number of likely N-dealkylation sites (tertiary alicyclic amines) is 1. The number of hydrogen-bond donors (Lipinski definition) is 1. The molecule has 0 aliphatic carbocycles. The predicted molar refractivity (Wildman–Crippen MR) is 142 cm³/mol. The van der Waals surface area contributed by atoms with Crippen molar-refractivity contribution in [3.8, 4) is 11.3 Å². The largest absolute Gasteiger partial charge is 0.374 e. The number of halogens is 2. The van der Waals surface area contributed by atoms with E-state index >= 15 is 0 Å². The smallest absolute Gasteiger partial charge is 0.251 e. The number of amides is 2. The Hall–Kier alpha value is -3.37. The quantitative estimate of drug-likeness (QED) is 0.325. The van der Waals surface area contributed by atoms with Crippen LogP contribution in [0.3, 0.4) is 0 Å². The van der Waals surface area contributed by atoms with Crippen LogP contribution < -0.4 is 5.32 Å². The summed E-state index contributed by atoms with van der Waals surface area (Å²) in [6.07, 6.45) is 3.59. The molecule has 1 N–H and O–H groups in total. The van der Waals surface area contributed by atoms with Crippen molar-refractivity contribution in [2.24, 2.45) is 0 Å². The number of rotatable bonds is 7. The van der Waals surface area contributed by atoms with Crippen molar-refractivity contribution in [3.05, 3.63) is 59.5 Å². The summed E-state index contributed by atoms with van der Waals surface area (Å²) in [5, 5.41) is 2.90. The lowest BCUT2D eigenvalue weighted by atomic mass is 10.0. The molecule has 10 heteroatoms. The second-order valence-electron chi connectivity index (χ2n) is 9.88. The number of nitrogens with one attached hydrogen (secondary N) is 1. The molecule has 0 saturated carbocycles. The average Bonchev–Trinajstić information content (AvgIpc) is 3.64. The average molecular weight is 539 g/mol. The predicted octanol–water partition coefficient (Wildman–Crippen LogP) is 5.29. The molecule has 0 bridgehead atoms. The van der Waals surface area contributed by atoms with Crippen molar-refractivity contribution in [2.45, 2.75) is 44.4 Å². The fourth-order valence-electron chi connectivity index (χ4n) is 5.20. The number of carbonyl (C=O) groups excluding carboxylic acids is 2. The number of imidazole rings is 1. The topological polar surface area (TPSA) is 75.9 Å². The molecule has 1 unspecified atom stereocenters. The maximum absolute atomic E-state index is 15.0. The Morgan fingerprint density at radius 1 is 1.21 bits per heavy atom. The van der Waals surface area contributed by atoms with Crippen molar-refractivity contribution in [3.63, 3.8) is 0 Å². The van der Waals surface area contributed by atoms with Gasteiger partial charge in [-0.2, -0.15) is 0 Å². The molecule has 2 aliphatic heterocycles. The van der Waals surface area contributed by atoms with Crippen LogP contribution in [0.1, 0.15) is 54.1 Å². The Balaban J connectivity index is 1.12. The lowest BCUT2D eigenvalue weighted by molar-refractivity contribution is -0.135. The lowest BCUT2D eigenvalue weighted by Gasteiger charge is -2.28. The Bertz CT molecular complexity index is 1510. The number of ether oxygens (including phenoxy) is 1. The fourth-order valence-corrected chi connectivity index (χ4v) is 6.25. The molecule has 2 amide bonds. The molecule has 6 rings (SSSR count). The van der Waals surface area contributed by atoms with E-state index in [0.29, 0.717) is 55.9 Å². The molecule has 2 aliphatic rings. The maximum Gasteiger partial charge on any atom is 0.251 e. The van der Waals surface area contributed by atoms with E-state index in [2.05, 4.69) is 10.3 Å². The summed E-state index contributed by atoms with van der Waals surface area (Å²) in [5.41, 5.74) is 3.29. The molecule has 2 atom stereocenters. The van der Waals surface area contributed by atoms with Crippen LogP contribution in [-0.2, 0) is 9.53 Å². The third-order valence-electron chi connectivity index (χ3n) is 7.28. The standard InChI is InChI=1S/C28H28F2N4O3S/c29-19-8-11-33(26(35)15-19)10-2-9-31-27(36)18-5-7-23-25(14-18)38-28-32-22(16-34(23)28)20-6-4-17(13-21(20)30)24-3-1-12-37-24/h4-7,13-14,16,19,24H,1-3,8-12,15H2,(H,31,36)/t19?,24-/m0/s1. The summed E-state index contributed by atoms with van der Waals surface area (Å²) in [5.74, 6) is -0.672. The first-order valence-electron chi connectivity index (χ1n) is 13.0. The van der Waals surface area contributed by atoms with Gasteiger partial charge in [0.05, 0.1) is 28.4 Å². The number of nitrogens with zero attached hydrogens (tertiary/aromatic N) is 3. The summed E-state index contributed by atoms with van der Waals surface area (Å²) in [6.45, 7) is 2.08. The Morgan fingerprint density at radius 3 is 2.89 bits per heavy atom. The molecular weight excluding hydrogens is 510 g/mol. The number of alkyl halides is 1. The molecule has 2 fully saturated rings. The number of hydrogen-bond acceptors (Lipinski definition) is 5. The molecular formula is C28H28F2N4O3S. The van der Waals surface area contributed by atoms with Crippen molar-refractivity contribution in [2.75, 3.05) is 26.2 Å². The molecule has 2 aromatic heterocycles. The second kappa shape index (κ2) is 10.4. The molecule has 4 heterocycles. The van der Waals surface area contributed by atoms with E-state index in [9.17, 15) is 18.4 Å². The monoisotopic (exact) mass is 538 g/mol. The van der Waals surface area contributed by atoms with Gasteiger partial charge in [-0.05, 0) is 61.6 Å². The molecule has 0 spiro atoms. The second-order valence-corrected chi connectivity index (χ2v) is 10.9. The zero-order valence-corrected chi connectivity index (χ0v) is 21.6. The highest BCUT2D eigenvalue weighted by Gasteiger charge is 2.25. The first-order chi connectivity index (χ1) is 18.5. The number of aromatic nitrogens is 2. The van der Waals surface area contributed by atoms with Crippen LogP contribution in [0.4, 0.5) is 8.78 Å². The van der Waals surface area contributed by atoms with E-state index in [1.54, 1.807) is 23.1 Å². The van der Waals surface area contributed by atoms with E-state index in [1.165, 1.54) is 11.3 Å². The van der Waals surface area contributed by atoms with Gasteiger partial charge in [-0.15, -0.1) is 0 Å². The van der Waals surface area contributed by atoms with E-state index in [0.717, 1.165) is 33.6 Å². The third kappa shape index (κ3) is 4.90. The van der Waals surface area contributed by atoms with E-state index in [4.69, 9.17) is 4.74 Å². The van der Waals surface area contributed by atoms with Crippen LogP contribution in [0, 0.1) is 5.82 Å². The minimum Gasteiger partial charge on any atom is -0.374 e. The van der Waals surface area contributed by atoms with Crippen molar-refractivity contribution >= 4 is 38.3 Å². The molecule has 0 radical (unpaired) electrons. The minimum atomic E-state index is -1.04. The van der Waals surface area contributed by atoms with Gasteiger partial charge >= 0.3 is 0 Å². The molecule has 38 heavy (non-hydrogen) atoms.